The number of alkyl halides is 3. The van der Waals surface area contributed by atoms with E-state index < -0.39 is 20.2 Å². The van der Waals surface area contributed by atoms with E-state index in [0.29, 0.717) is 5.75 Å². The van der Waals surface area contributed by atoms with Crippen molar-refractivity contribution in [1.82, 2.24) is 0 Å². The largest absolute Gasteiger partial charge is 0.501 e. The number of benzene rings is 1. The van der Waals surface area contributed by atoms with Crippen molar-refractivity contribution < 1.29 is 26.3 Å². The molecule has 21 heavy (non-hydrogen) atoms. The number of hydrogen-bond donors (Lipinski definition) is 1. The van der Waals surface area contributed by atoms with Gasteiger partial charge >= 0.3 is 5.51 Å². The van der Waals surface area contributed by atoms with Gasteiger partial charge in [-0.1, -0.05) is 0 Å². The van der Waals surface area contributed by atoms with Gasteiger partial charge in [-0.2, -0.15) is 13.2 Å². The van der Waals surface area contributed by atoms with E-state index in [9.17, 15) is 21.6 Å². The van der Waals surface area contributed by atoms with Gasteiger partial charge in [0.15, 0.2) is 0 Å². The average molecular weight is 323 g/mol. The van der Waals surface area contributed by atoms with Gasteiger partial charge in [-0.3, -0.25) is 0 Å². The van der Waals surface area contributed by atoms with Crippen molar-refractivity contribution in [3.63, 3.8) is 0 Å². The van der Waals surface area contributed by atoms with E-state index in [4.69, 9.17) is 10.5 Å². The van der Waals surface area contributed by atoms with Crippen LogP contribution in [0.1, 0.15) is 25.7 Å². The van der Waals surface area contributed by atoms with Crippen LogP contribution in [0.15, 0.2) is 29.2 Å². The molecule has 1 aromatic carbocycles. The summed E-state index contributed by atoms with van der Waals surface area (Å²) < 4.78 is 65.2. The lowest BCUT2D eigenvalue weighted by Gasteiger charge is -2.26. The van der Waals surface area contributed by atoms with Crippen LogP contribution < -0.4 is 10.5 Å². The third kappa shape index (κ3) is 3.68. The molecule has 0 spiro atoms. The molecule has 0 atom stereocenters. The maximum absolute atomic E-state index is 12.4. The van der Waals surface area contributed by atoms with Gasteiger partial charge in [-0.25, -0.2) is 8.42 Å². The van der Waals surface area contributed by atoms with Gasteiger partial charge in [0, 0.05) is 6.04 Å². The maximum Gasteiger partial charge on any atom is 0.501 e. The summed E-state index contributed by atoms with van der Waals surface area (Å²) in [5.74, 6) is 0.358. The Morgan fingerprint density at radius 1 is 1.05 bits per heavy atom. The molecule has 0 saturated heterocycles. The molecule has 8 heteroatoms. The molecular weight excluding hydrogens is 307 g/mol. The van der Waals surface area contributed by atoms with Crippen LogP contribution in [0, 0.1) is 0 Å². The standard InChI is InChI=1S/C13H16F3NO3S/c14-13(15,16)21(18,19)12-7-5-11(6-8-12)20-10-3-1-9(17)2-4-10/h5-10H,1-4,17H2. The Morgan fingerprint density at radius 3 is 2.05 bits per heavy atom. The lowest BCUT2D eigenvalue weighted by atomic mass is 9.94. The number of halogens is 3. The number of sulfone groups is 1. The van der Waals surface area contributed by atoms with Crippen molar-refractivity contribution in [1.29, 1.82) is 0 Å². The summed E-state index contributed by atoms with van der Waals surface area (Å²) >= 11 is 0. The van der Waals surface area contributed by atoms with Gasteiger partial charge in [0.2, 0.25) is 0 Å². The lowest BCUT2D eigenvalue weighted by molar-refractivity contribution is -0.0436. The predicted octanol–water partition coefficient (Wildman–Crippen LogP) is 2.63. The number of ether oxygens (including phenoxy) is 1. The molecule has 0 heterocycles. The lowest BCUT2D eigenvalue weighted by Crippen LogP contribution is -2.31. The molecule has 1 aliphatic rings. The molecule has 0 aliphatic heterocycles. The normalized spacial score (nSPS) is 23.8. The van der Waals surface area contributed by atoms with Crippen LogP contribution in [0.4, 0.5) is 13.2 Å². The summed E-state index contributed by atoms with van der Waals surface area (Å²) in [6, 6.07) is 4.48. The second-order valence-corrected chi connectivity index (χ2v) is 7.02. The number of hydrogen-bond acceptors (Lipinski definition) is 4. The minimum absolute atomic E-state index is 0.0325. The molecular formula is C13H16F3NO3S. The fourth-order valence-corrected chi connectivity index (χ4v) is 2.99. The van der Waals surface area contributed by atoms with E-state index in [1.54, 1.807) is 0 Å². The second-order valence-electron chi connectivity index (χ2n) is 5.08. The first-order chi connectivity index (χ1) is 9.70. The Kier molecular flexibility index (Phi) is 4.48. The van der Waals surface area contributed by atoms with Crippen LogP contribution >= 0.6 is 0 Å². The van der Waals surface area contributed by atoms with Crippen LogP contribution in [0.25, 0.3) is 0 Å². The highest BCUT2D eigenvalue weighted by atomic mass is 32.2. The van der Waals surface area contributed by atoms with Crippen LogP contribution in [-0.2, 0) is 9.84 Å². The highest BCUT2D eigenvalue weighted by Crippen LogP contribution is 2.31. The highest BCUT2D eigenvalue weighted by Gasteiger charge is 2.46. The first kappa shape index (κ1) is 16.1. The zero-order chi connectivity index (χ0) is 15.7. The van der Waals surface area contributed by atoms with E-state index in [2.05, 4.69) is 0 Å². The highest BCUT2D eigenvalue weighted by molar-refractivity contribution is 7.92. The molecule has 118 valence electrons. The summed E-state index contributed by atoms with van der Waals surface area (Å²) in [5, 5.41) is 0. The molecule has 1 saturated carbocycles. The molecule has 0 amide bonds. The first-order valence-electron chi connectivity index (χ1n) is 6.54. The molecule has 1 aromatic rings. The molecule has 4 nitrogen and oxygen atoms in total. The topological polar surface area (TPSA) is 69.4 Å². The minimum atomic E-state index is -5.31. The van der Waals surface area contributed by atoms with E-state index in [1.807, 2.05) is 0 Å². The molecule has 1 aliphatic carbocycles. The van der Waals surface area contributed by atoms with E-state index >= 15 is 0 Å². The summed E-state index contributed by atoms with van der Waals surface area (Å²) in [7, 11) is -5.31. The first-order valence-corrected chi connectivity index (χ1v) is 8.02. The van der Waals surface area contributed by atoms with Gasteiger partial charge in [-0.05, 0) is 49.9 Å². The quantitative estimate of drug-likeness (QED) is 0.928. The third-order valence-corrected chi connectivity index (χ3v) is 4.96. The van der Waals surface area contributed by atoms with Crippen molar-refractivity contribution in [2.75, 3.05) is 0 Å². The fourth-order valence-electron chi connectivity index (χ4n) is 2.23. The molecule has 1 fully saturated rings. The molecule has 0 radical (unpaired) electrons. The summed E-state index contributed by atoms with van der Waals surface area (Å²) in [4.78, 5) is -0.784. The second kappa shape index (κ2) is 5.84. The number of nitrogens with two attached hydrogens (primary N) is 1. The van der Waals surface area contributed by atoms with E-state index in [-0.39, 0.29) is 12.1 Å². The molecule has 0 unspecified atom stereocenters. The Balaban J connectivity index is 2.06. The van der Waals surface area contributed by atoms with Crippen molar-refractivity contribution >= 4 is 9.84 Å². The zero-order valence-electron chi connectivity index (χ0n) is 11.1. The summed E-state index contributed by atoms with van der Waals surface area (Å²) in [6.07, 6.45) is 3.21. The van der Waals surface area contributed by atoms with Crippen molar-refractivity contribution in [2.24, 2.45) is 5.73 Å². The monoisotopic (exact) mass is 323 g/mol. The average Bonchev–Trinajstić information content (AvgIpc) is 2.41. The number of rotatable bonds is 3. The smallest absolute Gasteiger partial charge is 0.490 e. The Morgan fingerprint density at radius 2 is 1.57 bits per heavy atom. The van der Waals surface area contributed by atoms with Crippen molar-refractivity contribution in [3.05, 3.63) is 24.3 Å². The fraction of sp³-hybridized carbons (Fsp3) is 0.538. The molecule has 0 aromatic heterocycles. The van der Waals surface area contributed by atoms with Gasteiger partial charge in [0.05, 0.1) is 11.0 Å². The van der Waals surface area contributed by atoms with Gasteiger partial charge < -0.3 is 10.5 Å². The van der Waals surface area contributed by atoms with E-state index in [0.717, 1.165) is 37.8 Å². The summed E-state index contributed by atoms with van der Waals surface area (Å²) in [6.45, 7) is 0. The van der Waals surface area contributed by atoms with Gasteiger partial charge in [0.25, 0.3) is 9.84 Å². The van der Waals surface area contributed by atoms with Crippen molar-refractivity contribution in [2.45, 2.75) is 48.2 Å². The van der Waals surface area contributed by atoms with Gasteiger partial charge in [0.1, 0.15) is 5.75 Å². The molecule has 2 N–H and O–H groups in total. The van der Waals surface area contributed by atoms with Crippen LogP contribution in [-0.4, -0.2) is 26.1 Å². The third-order valence-electron chi connectivity index (χ3n) is 3.46. The Labute approximate surface area is 121 Å². The van der Waals surface area contributed by atoms with Crippen LogP contribution in [0.3, 0.4) is 0 Å². The van der Waals surface area contributed by atoms with E-state index in [1.165, 1.54) is 12.1 Å². The van der Waals surface area contributed by atoms with Crippen LogP contribution in [0.5, 0.6) is 5.75 Å². The molecule has 0 bridgehead atoms. The maximum atomic E-state index is 12.4. The van der Waals surface area contributed by atoms with Crippen molar-refractivity contribution in [3.8, 4) is 5.75 Å². The van der Waals surface area contributed by atoms with Crippen LogP contribution in [0.2, 0.25) is 0 Å². The van der Waals surface area contributed by atoms with Gasteiger partial charge in [-0.15, -0.1) is 0 Å². The molecule has 2 rings (SSSR count). The zero-order valence-corrected chi connectivity index (χ0v) is 12.0. The Bertz CT molecular complexity index is 576. The Hall–Kier alpha value is -1.28. The SMILES string of the molecule is NC1CCC(Oc2ccc(S(=O)(=O)C(F)(F)F)cc2)CC1. The predicted molar refractivity (Wildman–Crippen MR) is 70.5 cm³/mol. The minimum Gasteiger partial charge on any atom is -0.490 e. The summed E-state index contributed by atoms with van der Waals surface area (Å²) in [5.41, 5.74) is 0.473.